The first-order valence-electron chi connectivity index (χ1n) is 5.75. The van der Waals surface area contributed by atoms with Crippen LogP contribution in [0.2, 0.25) is 0 Å². The standard InChI is InChI=1S/C14H11N3O2/c1-19-14(18)11-4-5-12-8-16-13(17(12)9-11)10-3-2-6-15-7-10/h2-9H,1H3. The van der Waals surface area contributed by atoms with E-state index in [1.54, 1.807) is 30.9 Å². The van der Waals surface area contributed by atoms with Gasteiger partial charge in [-0.05, 0) is 24.3 Å². The second kappa shape index (κ2) is 4.53. The third-order valence-electron chi connectivity index (χ3n) is 2.87. The second-order valence-corrected chi connectivity index (χ2v) is 4.03. The Hall–Kier alpha value is -2.69. The lowest BCUT2D eigenvalue weighted by molar-refractivity contribution is 0.0600. The van der Waals surface area contributed by atoms with Gasteiger partial charge in [-0.15, -0.1) is 0 Å². The lowest BCUT2D eigenvalue weighted by Gasteiger charge is -2.03. The molecule has 0 amide bonds. The molecule has 0 saturated carbocycles. The van der Waals surface area contributed by atoms with Crippen LogP contribution in [-0.2, 0) is 4.74 Å². The van der Waals surface area contributed by atoms with Crippen molar-refractivity contribution in [3.8, 4) is 11.4 Å². The van der Waals surface area contributed by atoms with E-state index in [1.807, 2.05) is 22.6 Å². The Bertz CT molecular complexity index is 735. The van der Waals surface area contributed by atoms with Gasteiger partial charge >= 0.3 is 5.97 Å². The van der Waals surface area contributed by atoms with E-state index in [-0.39, 0.29) is 5.97 Å². The SMILES string of the molecule is COC(=O)c1ccc2cnc(-c3cccnc3)n2c1. The maximum atomic E-state index is 11.6. The van der Waals surface area contributed by atoms with Crippen LogP contribution in [0.5, 0.6) is 0 Å². The summed E-state index contributed by atoms with van der Waals surface area (Å²) in [5.41, 5.74) is 2.29. The van der Waals surface area contributed by atoms with Gasteiger partial charge in [0.1, 0.15) is 5.82 Å². The Morgan fingerprint density at radius 2 is 2.16 bits per heavy atom. The average Bonchev–Trinajstić information content (AvgIpc) is 2.90. The van der Waals surface area contributed by atoms with Gasteiger partial charge in [-0.1, -0.05) is 0 Å². The molecule has 5 heteroatoms. The van der Waals surface area contributed by atoms with Crippen LogP contribution < -0.4 is 0 Å². The molecule has 94 valence electrons. The highest BCUT2D eigenvalue weighted by Crippen LogP contribution is 2.19. The summed E-state index contributed by atoms with van der Waals surface area (Å²) in [6, 6.07) is 7.32. The number of esters is 1. The molecule has 0 fully saturated rings. The summed E-state index contributed by atoms with van der Waals surface area (Å²) in [6.45, 7) is 0. The van der Waals surface area contributed by atoms with Crippen LogP contribution >= 0.6 is 0 Å². The molecule has 0 aliphatic heterocycles. The zero-order valence-electron chi connectivity index (χ0n) is 10.3. The van der Waals surface area contributed by atoms with E-state index >= 15 is 0 Å². The van der Waals surface area contributed by atoms with Crippen LogP contribution in [0.1, 0.15) is 10.4 Å². The highest BCUT2D eigenvalue weighted by Gasteiger charge is 2.10. The number of pyridine rings is 2. The Balaban J connectivity index is 2.19. The quantitative estimate of drug-likeness (QED) is 0.657. The zero-order valence-corrected chi connectivity index (χ0v) is 10.3. The van der Waals surface area contributed by atoms with Crippen molar-refractivity contribution in [3.05, 3.63) is 54.6 Å². The summed E-state index contributed by atoms with van der Waals surface area (Å²) in [6.07, 6.45) is 6.92. The molecule has 0 aliphatic carbocycles. The predicted octanol–water partition coefficient (Wildman–Crippen LogP) is 2.18. The number of carbonyl (C=O) groups excluding carboxylic acids is 1. The van der Waals surface area contributed by atoms with E-state index in [1.165, 1.54) is 7.11 Å². The van der Waals surface area contributed by atoms with Gasteiger partial charge in [0.2, 0.25) is 0 Å². The predicted molar refractivity (Wildman–Crippen MR) is 69.8 cm³/mol. The molecule has 0 saturated heterocycles. The first-order valence-corrected chi connectivity index (χ1v) is 5.75. The zero-order chi connectivity index (χ0) is 13.2. The van der Waals surface area contributed by atoms with E-state index in [2.05, 4.69) is 9.97 Å². The van der Waals surface area contributed by atoms with Crippen molar-refractivity contribution < 1.29 is 9.53 Å². The van der Waals surface area contributed by atoms with Crippen LogP contribution in [0.3, 0.4) is 0 Å². The Morgan fingerprint density at radius 1 is 1.26 bits per heavy atom. The number of nitrogens with zero attached hydrogens (tertiary/aromatic N) is 3. The number of ether oxygens (including phenoxy) is 1. The minimum Gasteiger partial charge on any atom is -0.465 e. The highest BCUT2D eigenvalue weighted by molar-refractivity contribution is 5.89. The van der Waals surface area contributed by atoms with Crippen molar-refractivity contribution in [1.82, 2.24) is 14.4 Å². The molecule has 0 aliphatic rings. The highest BCUT2D eigenvalue weighted by atomic mass is 16.5. The van der Waals surface area contributed by atoms with Crippen molar-refractivity contribution in [2.45, 2.75) is 0 Å². The van der Waals surface area contributed by atoms with E-state index in [4.69, 9.17) is 4.74 Å². The molecular weight excluding hydrogens is 242 g/mol. The molecule has 0 bridgehead atoms. The van der Waals surface area contributed by atoms with Gasteiger partial charge in [-0.2, -0.15) is 0 Å². The summed E-state index contributed by atoms with van der Waals surface area (Å²) in [7, 11) is 1.36. The van der Waals surface area contributed by atoms with Crippen molar-refractivity contribution >= 4 is 11.5 Å². The van der Waals surface area contributed by atoms with Gasteiger partial charge in [-0.3, -0.25) is 9.38 Å². The van der Waals surface area contributed by atoms with Crippen molar-refractivity contribution in [1.29, 1.82) is 0 Å². The molecule has 0 N–H and O–H groups in total. The molecule has 0 unspecified atom stereocenters. The molecule has 3 heterocycles. The maximum absolute atomic E-state index is 11.6. The number of hydrogen-bond acceptors (Lipinski definition) is 4. The largest absolute Gasteiger partial charge is 0.465 e. The normalized spacial score (nSPS) is 10.6. The molecule has 5 nitrogen and oxygen atoms in total. The van der Waals surface area contributed by atoms with Crippen LogP contribution in [-0.4, -0.2) is 27.4 Å². The van der Waals surface area contributed by atoms with Gasteiger partial charge < -0.3 is 4.74 Å². The van der Waals surface area contributed by atoms with E-state index in [9.17, 15) is 4.79 Å². The maximum Gasteiger partial charge on any atom is 0.339 e. The number of methoxy groups -OCH3 is 1. The first kappa shape index (κ1) is 11.4. The monoisotopic (exact) mass is 253 g/mol. The van der Waals surface area contributed by atoms with Gasteiger partial charge in [0.15, 0.2) is 0 Å². The molecule has 19 heavy (non-hydrogen) atoms. The summed E-state index contributed by atoms with van der Waals surface area (Å²) < 4.78 is 6.57. The van der Waals surface area contributed by atoms with Gasteiger partial charge in [0, 0.05) is 24.2 Å². The topological polar surface area (TPSA) is 56.5 Å². The van der Waals surface area contributed by atoms with E-state index in [0.717, 1.165) is 16.9 Å². The Labute approximate surface area is 109 Å². The lowest BCUT2D eigenvalue weighted by Crippen LogP contribution is -2.03. The fourth-order valence-electron chi connectivity index (χ4n) is 1.94. The van der Waals surface area contributed by atoms with Gasteiger partial charge in [0.05, 0.1) is 24.4 Å². The molecule has 0 aromatic carbocycles. The molecule has 3 rings (SSSR count). The van der Waals surface area contributed by atoms with Crippen LogP contribution in [0.25, 0.3) is 16.9 Å². The van der Waals surface area contributed by atoms with Gasteiger partial charge in [-0.25, -0.2) is 9.78 Å². The first-order chi connectivity index (χ1) is 9.29. The van der Waals surface area contributed by atoms with Crippen molar-refractivity contribution in [2.75, 3.05) is 7.11 Å². The third kappa shape index (κ3) is 1.95. The number of imidazole rings is 1. The minimum absolute atomic E-state index is 0.368. The molecule has 3 aromatic heterocycles. The van der Waals surface area contributed by atoms with Crippen LogP contribution in [0, 0.1) is 0 Å². The smallest absolute Gasteiger partial charge is 0.339 e. The summed E-state index contributed by atoms with van der Waals surface area (Å²) >= 11 is 0. The van der Waals surface area contributed by atoms with E-state index < -0.39 is 0 Å². The molecule has 0 atom stereocenters. The fraction of sp³-hybridized carbons (Fsp3) is 0.0714. The minimum atomic E-state index is -0.368. The number of aromatic nitrogens is 3. The molecule has 0 spiro atoms. The average molecular weight is 253 g/mol. The Kier molecular flexibility index (Phi) is 2.72. The lowest BCUT2D eigenvalue weighted by atomic mass is 10.2. The number of carbonyl (C=O) groups is 1. The third-order valence-corrected chi connectivity index (χ3v) is 2.87. The van der Waals surface area contributed by atoms with Crippen LogP contribution in [0.4, 0.5) is 0 Å². The van der Waals surface area contributed by atoms with Crippen molar-refractivity contribution in [2.24, 2.45) is 0 Å². The fourth-order valence-corrected chi connectivity index (χ4v) is 1.94. The van der Waals surface area contributed by atoms with Crippen LogP contribution in [0.15, 0.2) is 49.1 Å². The summed E-state index contributed by atoms with van der Waals surface area (Å²) in [4.78, 5) is 20.0. The molecular formula is C14H11N3O2. The van der Waals surface area contributed by atoms with Crippen molar-refractivity contribution in [3.63, 3.8) is 0 Å². The molecule has 0 radical (unpaired) electrons. The van der Waals surface area contributed by atoms with E-state index in [0.29, 0.717) is 5.56 Å². The number of rotatable bonds is 2. The second-order valence-electron chi connectivity index (χ2n) is 4.03. The molecule has 3 aromatic rings. The summed E-state index contributed by atoms with van der Waals surface area (Å²) in [5.74, 6) is 0.376. The van der Waals surface area contributed by atoms with Gasteiger partial charge in [0.25, 0.3) is 0 Å². The Morgan fingerprint density at radius 3 is 2.89 bits per heavy atom. The number of fused-ring (bicyclic) bond motifs is 1. The summed E-state index contributed by atoms with van der Waals surface area (Å²) in [5, 5.41) is 0. The number of hydrogen-bond donors (Lipinski definition) is 0.